The number of morpholine rings is 1. The number of rotatable bonds is 9. The zero-order valence-corrected chi connectivity index (χ0v) is 19.2. The molecular weight excluding hydrogens is 434 g/mol. The molecule has 1 atom stereocenters. The highest BCUT2D eigenvalue weighted by atomic mass is 16.5. The molecule has 0 saturated carbocycles. The van der Waals surface area contributed by atoms with Crippen LogP contribution in [0.15, 0.2) is 27.4 Å². The molecule has 1 aromatic heterocycles. The fraction of sp³-hybridized carbons (Fsp3) is 0.478. The zero-order chi connectivity index (χ0) is 24.0. The van der Waals surface area contributed by atoms with E-state index in [0.29, 0.717) is 61.4 Å². The molecule has 0 amide bonds. The largest absolute Gasteiger partial charge is 0.502 e. The van der Waals surface area contributed by atoms with Gasteiger partial charge in [-0.1, -0.05) is 0 Å². The maximum Gasteiger partial charge on any atom is 0.306 e. The monoisotopic (exact) mass is 463 g/mol. The molecule has 2 heterocycles. The average molecular weight is 463 g/mol. The van der Waals surface area contributed by atoms with E-state index in [1.807, 2.05) is 0 Å². The van der Waals surface area contributed by atoms with E-state index < -0.39 is 23.1 Å². The molecular formula is C23H29NO9. The Hall–Kier alpha value is -3.24. The first-order chi connectivity index (χ1) is 15.9. The minimum absolute atomic E-state index is 0.0366. The summed E-state index contributed by atoms with van der Waals surface area (Å²) in [5, 5.41) is 10.6. The molecule has 1 fully saturated rings. The van der Waals surface area contributed by atoms with Gasteiger partial charge in [0.1, 0.15) is 5.76 Å². The van der Waals surface area contributed by atoms with Crippen molar-refractivity contribution in [3.05, 3.63) is 45.5 Å². The summed E-state index contributed by atoms with van der Waals surface area (Å²) in [6.07, 6.45) is -0.188. The Balaban J connectivity index is 2.11. The summed E-state index contributed by atoms with van der Waals surface area (Å²) in [6.45, 7) is 2.93. The van der Waals surface area contributed by atoms with E-state index in [-0.39, 0.29) is 12.2 Å². The van der Waals surface area contributed by atoms with E-state index >= 15 is 0 Å². The molecule has 1 aliphatic rings. The number of aromatic hydroxyl groups is 1. The summed E-state index contributed by atoms with van der Waals surface area (Å²) in [5.41, 5.74) is -0.0845. The standard InChI is InChI=1S/C23H29NO9/c1-28-18-9-14(10-19(29-2)23(18)31-4)16(12-20(26)30-3)22-21(27)17(25)11-15(33-22)13-24-5-7-32-8-6-24/h9-11,16,27H,5-8,12-13H2,1-4H3/t16-/m1/s1. The third-order valence-corrected chi connectivity index (χ3v) is 5.49. The summed E-state index contributed by atoms with van der Waals surface area (Å²) in [6, 6.07) is 4.55. The van der Waals surface area contributed by atoms with Gasteiger partial charge in [0.15, 0.2) is 17.3 Å². The number of carbonyl (C=O) groups excluding carboxylic acids is 1. The predicted molar refractivity (Wildman–Crippen MR) is 117 cm³/mol. The van der Waals surface area contributed by atoms with Crippen LogP contribution in [0.5, 0.6) is 23.0 Å². The van der Waals surface area contributed by atoms with Crippen LogP contribution in [0.3, 0.4) is 0 Å². The Bertz CT molecular complexity index is 1000. The molecule has 0 bridgehead atoms. The van der Waals surface area contributed by atoms with Crippen molar-refractivity contribution in [3.8, 4) is 23.0 Å². The lowest BCUT2D eigenvalue weighted by atomic mass is 9.91. The van der Waals surface area contributed by atoms with Crippen molar-refractivity contribution in [2.75, 3.05) is 54.7 Å². The quantitative estimate of drug-likeness (QED) is 0.553. The maximum atomic E-state index is 12.6. The molecule has 33 heavy (non-hydrogen) atoms. The van der Waals surface area contributed by atoms with Crippen molar-refractivity contribution < 1.29 is 38.0 Å². The van der Waals surface area contributed by atoms with Crippen molar-refractivity contribution in [3.63, 3.8) is 0 Å². The molecule has 0 radical (unpaired) electrons. The number of carbonyl (C=O) groups is 1. The van der Waals surface area contributed by atoms with Gasteiger partial charge in [0.25, 0.3) is 0 Å². The fourth-order valence-corrected chi connectivity index (χ4v) is 3.76. The van der Waals surface area contributed by atoms with Gasteiger partial charge >= 0.3 is 5.97 Å². The second-order valence-electron chi connectivity index (χ2n) is 7.47. The molecule has 2 aromatic rings. The number of methoxy groups -OCH3 is 4. The van der Waals surface area contributed by atoms with Gasteiger partial charge in [0, 0.05) is 19.2 Å². The van der Waals surface area contributed by atoms with E-state index in [9.17, 15) is 14.7 Å². The lowest BCUT2D eigenvalue weighted by molar-refractivity contribution is -0.140. The highest BCUT2D eigenvalue weighted by Crippen LogP contribution is 2.43. The minimum Gasteiger partial charge on any atom is -0.502 e. The van der Waals surface area contributed by atoms with Crippen LogP contribution in [0.2, 0.25) is 0 Å². The first kappa shape index (κ1) is 24.4. The number of ether oxygens (including phenoxy) is 5. The summed E-state index contributed by atoms with van der Waals surface area (Å²) in [5.74, 6) is -0.544. The third kappa shape index (κ3) is 5.58. The SMILES string of the molecule is COC(=O)C[C@H](c1cc(OC)c(OC)c(OC)c1)c1oc(CN2CCOCC2)cc(=O)c1O. The lowest BCUT2D eigenvalue weighted by Gasteiger charge is -2.26. The second kappa shape index (κ2) is 11.1. The van der Waals surface area contributed by atoms with Crippen molar-refractivity contribution >= 4 is 5.97 Å². The molecule has 0 aliphatic carbocycles. The molecule has 10 nitrogen and oxygen atoms in total. The first-order valence-electron chi connectivity index (χ1n) is 10.4. The van der Waals surface area contributed by atoms with Gasteiger partial charge in [-0.25, -0.2) is 0 Å². The van der Waals surface area contributed by atoms with E-state index in [2.05, 4.69) is 4.90 Å². The Kier molecular flexibility index (Phi) is 8.18. The molecule has 10 heteroatoms. The van der Waals surface area contributed by atoms with Crippen molar-refractivity contribution in [2.45, 2.75) is 18.9 Å². The van der Waals surface area contributed by atoms with Crippen molar-refractivity contribution in [1.82, 2.24) is 4.90 Å². The molecule has 0 spiro atoms. The van der Waals surface area contributed by atoms with Crippen LogP contribution >= 0.6 is 0 Å². The number of hydrogen-bond acceptors (Lipinski definition) is 10. The van der Waals surface area contributed by atoms with E-state index in [1.165, 1.54) is 34.5 Å². The highest BCUT2D eigenvalue weighted by Gasteiger charge is 2.29. The molecule has 1 aromatic carbocycles. The smallest absolute Gasteiger partial charge is 0.306 e. The van der Waals surface area contributed by atoms with Crippen molar-refractivity contribution in [2.24, 2.45) is 0 Å². The summed E-state index contributed by atoms with van der Waals surface area (Å²) in [4.78, 5) is 26.9. The fourth-order valence-electron chi connectivity index (χ4n) is 3.76. The van der Waals surface area contributed by atoms with Crippen LogP contribution in [0.1, 0.15) is 29.4 Å². The summed E-state index contributed by atoms with van der Waals surface area (Å²) >= 11 is 0. The summed E-state index contributed by atoms with van der Waals surface area (Å²) < 4.78 is 32.4. The van der Waals surface area contributed by atoms with Gasteiger partial charge in [-0.3, -0.25) is 14.5 Å². The molecule has 0 unspecified atom stereocenters. The van der Waals surface area contributed by atoms with Crippen molar-refractivity contribution in [1.29, 1.82) is 0 Å². The van der Waals surface area contributed by atoms with E-state index in [0.717, 1.165) is 0 Å². The molecule has 1 N–H and O–H groups in total. The number of benzene rings is 1. The second-order valence-corrected chi connectivity index (χ2v) is 7.47. The van der Waals surface area contributed by atoms with Crippen LogP contribution in [0.4, 0.5) is 0 Å². The van der Waals surface area contributed by atoms with E-state index in [1.54, 1.807) is 12.1 Å². The number of hydrogen-bond donors (Lipinski definition) is 1. The van der Waals surface area contributed by atoms with Crippen LogP contribution < -0.4 is 19.6 Å². The van der Waals surface area contributed by atoms with E-state index in [4.69, 9.17) is 28.1 Å². The Labute approximate surface area is 191 Å². The van der Waals surface area contributed by atoms with Crippen LogP contribution in [-0.2, 0) is 20.8 Å². The van der Waals surface area contributed by atoms with Gasteiger partial charge in [-0.2, -0.15) is 0 Å². The molecule has 180 valence electrons. The Morgan fingerprint density at radius 1 is 1.06 bits per heavy atom. The normalized spacial score (nSPS) is 15.0. The van der Waals surface area contributed by atoms with Gasteiger partial charge in [0.2, 0.25) is 16.9 Å². The lowest BCUT2D eigenvalue weighted by Crippen LogP contribution is -2.35. The van der Waals surface area contributed by atoms with Gasteiger partial charge in [-0.15, -0.1) is 0 Å². The third-order valence-electron chi connectivity index (χ3n) is 5.49. The highest BCUT2D eigenvalue weighted by molar-refractivity contribution is 5.71. The van der Waals surface area contributed by atoms with Gasteiger partial charge in [-0.05, 0) is 17.7 Å². The van der Waals surface area contributed by atoms with Crippen LogP contribution in [0, 0.1) is 0 Å². The number of esters is 1. The summed E-state index contributed by atoms with van der Waals surface area (Å²) in [7, 11) is 5.68. The van der Waals surface area contributed by atoms with Gasteiger partial charge < -0.3 is 33.2 Å². The zero-order valence-electron chi connectivity index (χ0n) is 19.2. The maximum absolute atomic E-state index is 12.6. The first-order valence-corrected chi connectivity index (χ1v) is 10.4. The molecule has 1 saturated heterocycles. The Morgan fingerprint density at radius 3 is 2.24 bits per heavy atom. The minimum atomic E-state index is -0.844. The van der Waals surface area contributed by atoms with Gasteiger partial charge in [0.05, 0.1) is 60.5 Å². The molecule has 3 rings (SSSR count). The predicted octanol–water partition coefficient (Wildman–Crippen LogP) is 1.90. The topological polar surface area (TPSA) is 117 Å². The van der Waals surface area contributed by atoms with Crippen LogP contribution in [0.25, 0.3) is 0 Å². The molecule has 1 aliphatic heterocycles. The van der Waals surface area contributed by atoms with Crippen LogP contribution in [-0.4, -0.2) is 70.7 Å². The average Bonchev–Trinajstić information content (AvgIpc) is 2.84. The number of nitrogens with zero attached hydrogens (tertiary/aromatic N) is 1. The Morgan fingerprint density at radius 2 is 1.70 bits per heavy atom.